The highest BCUT2D eigenvalue weighted by molar-refractivity contribution is 7.98. The third-order valence-corrected chi connectivity index (χ3v) is 6.46. The highest BCUT2D eigenvalue weighted by Crippen LogP contribution is 2.31. The summed E-state index contributed by atoms with van der Waals surface area (Å²) in [6, 6.07) is 15.1. The minimum absolute atomic E-state index is 0.0651. The molecule has 2 fully saturated rings. The molecular formula is C23H26N4O3S. The van der Waals surface area contributed by atoms with Gasteiger partial charge in [-0.15, -0.1) is 11.8 Å². The Morgan fingerprint density at radius 3 is 2.52 bits per heavy atom. The van der Waals surface area contributed by atoms with Crippen LogP contribution in [0.3, 0.4) is 0 Å². The number of urea groups is 1. The van der Waals surface area contributed by atoms with Crippen molar-refractivity contribution >= 4 is 41.0 Å². The van der Waals surface area contributed by atoms with Crippen LogP contribution in [0, 0.1) is 0 Å². The van der Waals surface area contributed by atoms with Gasteiger partial charge in [0.1, 0.15) is 6.54 Å². The molecule has 2 heterocycles. The van der Waals surface area contributed by atoms with Gasteiger partial charge >= 0.3 is 6.03 Å². The molecule has 7 nitrogen and oxygen atoms in total. The standard InChI is InChI=1S/C23H26N4O3S/c1-16-14-25(15-22(29)27(16)19-5-3-4-6-20(19)31-2)21(28)13-17-7-9-18(10-8-17)26-12-11-24-23(26)30/h3-10,16H,11-15H2,1-2H3,(H,24,30). The molecule has 0 aromatic heterocycles. The summed E-state index contributed by atoms with van der Waals surface area (Å²) in [7, 11) is 0. The highest BCUT2D eigenvalue weighted by Gasteiger charge is 2.34. The van der Waals surface area contributed by atoms with Gasteiger partial charge in [0.2, 0.25) is 11.8 Å². The van der Waals surface area contributed by atoms with Crippen LogP contribution in [0.4, 0.5) is 16.2 Å². The van der Waals surface area contributed by atoms with Crippen molar-refractivity contribution in [3.8, 4) is 0 Å². The first-order chi connectivity index (χ1) is 15.0. The number of thioether (sulfide) groups is 1. The lowest BCUT2D eigenvalue weighted by atomic mass is 10.1. The Labute approximate surface area is 186 Å². The summed E-state index contributed by atoms with van der Waals surface area (Å²) in [4.78, 5) is 43.8. The average Bonchev–Trinajstić information content (AvgIpc) is 3.20. The summed E-state index contributed by atoms with van der Waals surface area (Å²) in [6.45, 7) is 3.83. The summed E-state index contributed by atoms with van der Waals surface area (Å²) in [5.74, 6) is -0.131. The maximum absolute atomic E-state index is 12.9. The maximum Gasteiger partial charge on any atom is 0.321 e. The van der Waals surface area contributed by atoms with E-state index in [-0.39, 0.29) is 36.9 Å². The van der Waals surface area contributed by atoms with Gasteiger partial charge in [0, 0.05) is 30.2 Å². The molecule has 2 aromatic rings. The molecule has 31 heavy (non-hydrogen) atoms. The Morgan fingerprint density at radius 2 is 1.87 bits per heavy atom. The normalized spacial score (nSPS) is 19.0. The predicted molar refractivity (Wildman–Crippen MR) is 123 cm³/mol. The van der Waals surface area contributed by atoms with Gasteiger partial charge in [0.05, 0.1) is 18.2 Å². The van der Waals surface area contributed by atoms with Crippen LogP contribution in [0.2, 0.25) is 0 Å². The molecule has 1 N–H and O–H groups in total. The molecule has 0 radical (unpaired) electrons. The van der Waals surface area contributed by atoms with Crippen LogP contribution in [0.25, 0.3) is 0 Å². The lowest BCUT2D eigenvalue weighted by molar-refractivity contribution is -0.137. The van der Waals surface area contributed by atoms with E-state index < -0.39 is 0 Å². The molecule has 2 aliphatic heterocycles. The van der Waals surface area contributed by atoms with E-state index in [0.717, 1.165) is 21.8 Å². The predicted octanol–water partition coefficient (Wildman–Crippen LogP) is 2.74. The molecule has 1 unspecified atom stereocenters. The number of para-hydroxylation sites is 1. The number of carbonyl (C=O) groups excluding carboxylic acids is 3. The lowest BCUT2D eigenvalue weighted by Gasteiger charge is -2.40. The van der Waals surface area contributed by atoms with E-state index in [2.05, 4.69) is 5.32 Å². The first-order valence-electron chi connectivity index (χ1n) is 10.3. The van der Waals surface area contributed by atoms with Gasteiger partial charge < -0.3 is 15.1 Å². The van der Waals surface area contributed by atoms with Crippen LogP contribution in [0.5, 0.6) is 0 Å². The van der Waals surface area contributed by atoms with Crippen LogP contribution >= 0.6 is 11.8 Å². The average molecular weight is 439 g/mol. The third-order valence-electron chi connectivity index (χ3n) is 5.68. The van der Waals surface area contributed by atoms with Crippen LogP contribution in [-0.2, 0) is 16.0 Å². The number of nitrogens with one attached hydrogen (secondary N) is 1. The van der Waals surface area contributed by atoms with Crippen molar-refractivity contribution in [1.29, 1.82) is 0 Å². The summed E-state index contributed by atoms with van der Waals surface area (Å²) in [5, 5.41) is 2.78. The number of benzene rings is 2. The first kappa shape index (κ1) is 21.2. The zero-order valence-electron chi connectivity index (χ0n) is 17.7. The molecule has 2 aromatic carbocycles. The fourth-order valence-electron chi connectivity index (χ4n) is 4.14. The lowest BCUT2D eigenvalue weighted by Crippen LogP contribution is -2.57. The van der Waals surface area contributed by atoms with E-state index in [1.807, 2.05) is 66.6 Å². The van der Waals surface area contributed by atoms with Gasteiger partial charge in [-0.1, -0.05) is 24.3 Å². The van der Waals surface area contributed by atoms with Gasteiger partial charge in [0.15, 0.2) is 0 Å². The molecule has 0 saturated carbocycles. The molecule has 1 atom stereocenters. The number of amides is 4. The second kappa shape index (κ2) is 9.01. The van der Waals surface area contributed by atoms with Crippen LogP contribution in [0.1, 0.15) is 12.5 Å². The number of piperazine rings is 1. The third kappa shape index (κ3) is 4.39. The molecule has 4 amide bonds. The summed E-state index contributed by atoms with van der Waals surface area (Å²) in [5.41, 5.74) is 2.58. The van der Waals surface area contributed by atoms with E-state index in [0.29, 0.717) is 19.6 Å². The first-order valence-corrected chi connectivity index (χ1v) is 11.6. The van der Waals surface area contributed by atoms with E-state index >= 15 is 0 Å². The summed E-state index contributed by atoms with van der Waals surface area (Å²) in [6.07, 6.45) is 2.23. The van der Waals surface area contributed by atoms with Crippen LogP contribution in [-0.4, -0.2) is 61.2 Å². The summed E-state index contributed by atoms with van der Waals surface area (Å²) >= 11 is 1.61. The Bertz CT molecular complexity index is 995. The molecule has 2 aliphatic rings. The molecule has 2 saturated heterocycles. The van der Waals surface area contributed by atoms with Gasteiger partial charge in [-0.25, -0.2) is 4.79 Å². The number of hydrogen-bond acceptors (Lipinski definition) is 4. The Hall–Kier alpha value is -3.00. The Kier molecular flexibility index (Phi) is 6.18. The molecular weight excluding hydrogens is 412 g/mol. The second-order valence-electron chi connectivity index (χ2n) is 7.79. The van der Waals surface area contributed by atoms with E-state index in [1.54, 1.807) is 21.6 Å². The minimum atomic E-state index is -0.102. The molecule has 8 heteroatoms. The fourth-order valence-corrected chi connectivity index (χ4v) is 4.73. The molecule has 162 valence electrons. The van der Waals surface area contributed by atoms with Gasteiger partial charge in [-0.05, 0) is 43.0 Å². The number of rotatable bonds is 5. The smallest absolute Gasteiger partial charge is 0.321 e. The van der Waals surface area contributed by atoms with Gasteiger partial charge in [-0.3, -0.25) is 14.5 Å². The van der Waals surface area contributed by atoms with Crippen LogP contribution < -0.4 is 15.1 Å². The van der Waals surface area contributed by atoms with Crippen molar-refractivity contribution in [2.45, 2.75) is 24.3 Å². The van der Waals surface area contributed by atoms with E-state index in [9.17, 15) is 14.4 Å². The van der Waals surface area contributed by atoms with Crippen LogP contribution in [0.15, 0.2) is 53.4 Å². The van der Waals surface area contributed by atoms with Crippen molar-refractivity contribution < 1.29 is 14.4 Å². The molecule has 0 bridgehead atoms. The topological polar surface area (TPSA) is 73.0 Å². The highest BCUT2D eigenvalue weighted by atomic mass is 32.2. The zero-order valence-corrected chi connectivity index (χ0v) is 18.5. The van der Waals surface area contributed by atoms with E-state index in [1.165, 1.54) is 0 Å². The number of carbonyl (C=O) groups is 3. The van der Waals surface area contributed by atoms with Gasteiger partial charge in [0.25, 0.3) is 0 Å². The minimum Gasteiger partial charge on any atom is -0.336 e. The quantitative estimate of drug-likeness (QED) is 0.729. The molecule has 0 spiro atoms. The zero-order chi connectivity index (χ0) is 22.0. The number of nitrogens with zero attached hydrogens (tertiary/aromatic N) is 3. The van der Waals surface area contributed by atoms with Crippen molar-refractivity contribution in [1.82, 2.24) is 10.2 Å². The second-order valence-corrected chi connectivity index (χ2v) is 8.63. The van der Waals surface area contributed by atoms with Gasteiger partial charge in [-0.2, -0.15) is 0 Å². The summed E-state index contributed by atoms with van der Waals surface area (Å²) < 4.78 is 0. The molecule has 4 rings (SSSR count). The largest absolute Gasteiger partial charge is 0.336 e. The van der Waals surface area contributed by atoms with Crippen molar-refractivity contribution in [3.63, 3.8) is 0 Å². The SMILES string of the molecule is CSc1ccccc1N1C(=O)CN(C(=O)Cc2ccc(N3CCNC3=O)cc2)CC1C. The maximum atomic E-state index is 12.9. The fraction of sp³-hybridized carbons (Fsp3) is 0.348. The Balaban J connectivity index is 1.41. The Morgan fingerprint density at radius 1 is 1.13 bits per heavy atom. The monoisotopic (exact) mass is 438 g/mol. The number of anilines is 2. The molecule has 0 aliphatic carbocycles. The van der Waals surface area contributed by atoms with Crippen molar-refractivity contribution in [2.75, 3.05) is 42.2 Å². The van der Waals surface area contributed by atoms with Crippen molar-refractivity contribution in [3.05, 3.63) is 54.1 Å². The van der Waals surface area contributed by atoms with Crippen molar-refractivity contribution in [2.24, 2.45) is 0 Å². The van der Waals surface area contributed by atoms with E-state index in [4.69, 9.17) is 0 Å². The number of hydrogen-bond donors (Lipinski definition) is 1.